The van der Waals surface area contributed by atoms with E-state index in [-0.39, 0.29) is 4.90 Å². The number of carboxylic acid groups (broad SMARTS) is 1. The summed E-state index contributed by atoms with van der Waals surface area (Å²) >= 11 is 5.86. The van der Waals surface area contributed by atoms with E-state index in [4.69, 9.17) is 11.6 Å². The van der Waals surface area contributed by atoms with Crippen molar-refractivity contribution in [3.05, 3.63) is 28.8 Å². The molecular weight excluding hydrogens is 314 g/mol. The molecule has 1 aliphatic rings. The van der Waals surface area contributed by atoms with Crippen LogP contribution in [0.15, 0.2) is 23.1 Å². The van der Waals surface area contributed by atoms with Crippen molar-refractivity contribution in [2.45, 2.75) is 37.6 Å². The smallest absolute Gasteiger partial charge is 0.308 e. The Kier molecular flexibility index (Phi) is 4.60. The summed E-state index contributed by atoms with van der Waals surface area (Å²) in [6.07, 6.45) is 1.05. The van der Waals surface area contributed by atoms with Gasteiger partial charge < -0.3 is 5.11 Å². The largest absolute Gasteiger partial charge is 0.481 e. The number of aryl methyl sites for hydroxylation is 1. The highest BCUT2D eigenvalue weighted by Crippen LogP contribution is 2.31. The molecule has 0 radical (unpaired) electrons. The Morgan fingerprint density at radius 2 is 2.10 bits per heavy atom. The van der Waals surface area contributed by atoms with Crippen LogP contribution in [-0.2, 0) is 14.8 Å². The Morgan fingerprint density at radius 1 is 1.43 bits per heavy atom. The molecule has 0 aromatic heterocycles. The summed E-state index contributed by atoms with van der Waals surface area (Å²) in [4.78, 5) is 11.4. The second-order valence-electron chi connectivity index (χ2n) is 5.35. The SMILES string of the molecule is Cc1cc(Cl)ccc1S(=O)(=O)N1CCC[C@@H](C(=O)O)[C@H]1C. The molecule has 1 N–H and O–H groups in total. The third-order valence-electron chi connectivity index (χ3n) is 3.97. The van der Waals surface area contributed by atoms with Crippen LogP contribution in [-0.4, -0.2) is 36.4 Å². The minimum Gasteiger partial charge on any atom is -0.481 e. The average molecular weight is 332 g/mol. The van der Waals surface area contributed by atoms with Gasteiger partial charge in [-0.15, -0.1) is 0 Å². The lowest BCUT2D eigenvalue weighted by Gasteiger charge is -2.36. The van der Waals surface area contributed by atoms with Crippen molar-refractivity contribution in [3.8, 4) is 0 Å². The Morgan fingerprint density at radius 3 is 2.67 bits per heavy atom. The third-order valence-corrected chi connectivity index (χ3v) is 6.35. The summed E-state index contributed by atoms with van der Waals surface area (Å²) < 4.78 is 26.9. The van der Waals surface area contributed by atoms with Gasteiger partial charge in [0, 0.05) is 17.6 Å². The Balaban J connectivity index is 2.41. The summed E-state index contributed by atoms with van der Waals surface area (Å²) in [6.45, 7) is 3.68. The Bertz CT molecular complexity index is 659. The third kappa shape index (κ3) is 3.07. The number of hydrogen-bond donors (Lipinski definition) is 1. The van der Waals surface area contributed by atoms with Gasteiger partial charge in [0.05, 0.1) is 10.8 Å². The molecule has 0 saturated carbocycles. The molecule has 0 amide bonds. The minimum atomic E-state index is -3.71. The molecule has 1 saturated heterocycles. The number of piperidine rings is 1. The van der Waals surface area contributed by atoms with Gasteiger partial charge in [-0.05, 0) is 50.5 Å². The second kappa shape index (κ2) is 5.94. The fourth-order valence-electron chi connectivity index (χ4n) is 2.81. The molecule has 1 aliphatic heterocycles. The monoisotopic (exact) mass is 331 g/mol. The van der Waals surface area contributed by atoms with E-state index in [1.807, 2.05) is 0 Å². The van der Waals surface area contributed by atoms with Gasteiger partial charge >= 0.3 is 5.97 Å². The second-order valence-corrected chi connectivity index (χ2v) is 7.65. The summed E-state index contributed by atoms with van der Waals surface area (Å²) in [7, 11) is -3.71. The molecular formula is C14H18ClNO4S. The summed E-state index contributed by atoms with van der Waals surface area (Å²) in [6, 6.07) is 4.04. The van der Waals surface area contributed by atoms with E-state index in [2.05, 4.69) is 0 Å². The first-order chi connectivity index (χ1) is 9.75. The van der Waals surface area contributed by atoms with E-state index >= 15 is 0 Å². The standard InChI is InChI=1S/C14H18ClNO4S/c1-9-8-11(15)5-6-13(9)21(19,20)16-7-3-4-12(10(16)2)14(17)18/h5-6,8,10,12H,3-4,7H2,1-2H3,(H,17,18)/t10-,12-/m1/s1. The first-order valence-corrected chi connectivity index (χ1v) is 8.57. The van der Waals surface area contributed by atoms with Gasteiger partial charge in [0.15, 0.2) is 0 Å². The lowest BCUT2D eigenvalue weighted by molar-refractivity contribution is -0.144. The van der Waals surface area contributed by atoms with Crippen LogP contribution in [0.3, 0.4) is 0 Å². The van der Waals surface area contributed by atoms with Crippen molar-refractivity contribution in [2.75, 3.05) is 6.54 Å². The number of rotatable bonds is 3. The number of carboxylic acids is 1. The van der Waals surface area contributed by atoms with Gasteiger partial charge in [0.2, 0.25) is 10.0 Å². The van der Waals surface area contributed by atoms with Gasteiger partial charge in [0.25, 0.3) is 0 Å². The maximum Gasteiger partial charge on any atom is 0.308 e. The number of halogens is 1. The van der Waals surface area contributed by atoms with E-state index in [0.29, 0.717) is 30.0 Å². The lowest BCUT2D eigenvalue weighted by Crippen LogP contribution is -2.49. The number of carbonyl (C=O) groups is 1. The van der Waals surface area contributed by atoms with E-state index in [1.165, 1.54) is 16.4 Å². The molecule has 5 nitrogen and oxygen atoms in total. The zero-order valence-electron chi connectivity index (χ0n) is 11.9. The van der Waals surface area contributed by atoms with E-state index in [0.717, 1.165) is 0 Å². The quantitative estimate of drug-likeness (QED) is 0.923. The van der Waals surface area contributed by atoms with Crippen LogP contribution >= 0.6 is 11.6 Å². The number of sulfonamides is 1. The predicted molar refractivity (Wildman–Crippen MR) is 79.9 cm³/mol. The summed E-state index contributed by atoms with van der Waals surface area (Å²) in [5.41, 5.74) is 0.562. The molecule has 7 heteroatoms. The molecule has 0 aliphatic carbocycles. The first kappa shape index (κ1) is 16.3. The van der Waals surface area contributed by atoms with Crippen molar-refractivity contribution >= 4 is 27.6 Å². The van der Waals surface area contributed by atoms with Crippen molar-refractivity contribution in [1.29, 1.82) is 0 Å². The summed E-state index contributed by atoms with van der Waals surface area (Å²) in [5.74, 6) is -1.61. The zero-order chi connectivity index (χ0) is 15.8. The molecule has 0 spiro atoms. The van der Waals surface area contributed by atoms with Gasteiger partial charge in [0.1, 0.15) is 0 Å². The number of nitrogens with zero attached hydrogens (tertiary/aromatic N) is 1. The van der Waals surface area contributed by atoms with Crippen LogP contribution in [0, 0.1) is 12.8 Å². The fourth-order valence-corrected chi connectivity index (χ4v) is 4.95. The van der Waals surface area contributed by atoms with Crippen LogP contribution in [0.1, 0.15) is 25.3 Å². The number of aliphatic carboxylic acids is 1. The number of benzene rings is 1. The first-order valence-electron chi connectivity index (χ1n) is 6.76. The molecule has 21 heavy (non-hydrogen) atoms. The fraction of sp³-hybridized carbons (Fsp3) is 0.500. The van der Waals surface area contributed by atoms with Crippen LogP contribution in [0.5, 0.6) is 0 Å². The summed E-state index contributed by atoms with van der Waals surface area (Å²) in [5, 5.41) is 9.69. The average Bonchev–Trinajstić information content (AvgIpc) is 2.37. The normalized spacial score (nSPS) is 24.0. The van der Waals surface area contributed by atoms with E-state index in [1.54, 1.807) is 19.9 Å². The van der Waals surface area contributed by atoms with Crippen molar-refractivity contribution in [1.82, 2.24) is 4.31 Å². The highest BCUT2D eigenvalue weighted by atomic mass is 35.5. The molecule has 1 aromatic rings. The van der Waals surface area contributed by atoms with Crippen molar-refractivity contribution < 1.29 is 18.3 Å². The molecule has 0 bridgehead atoms. The zero-order valence-corrected chi connectivity index (χ0v) is 13.5. The molecule has 116 valence electrons. The van der Waals surface area contributed by atoms with Crippen molar-refractivity contribution in [2.24, 2.45) is 5.92 Å². The Labute approximate surface area is 129 Å². The highest BCUT2D eigenvalue weighted by Gasteiger charge is 2.39. The molecule has 0 unspecified atom stereocenters. The van der Waals surface area contributed by atoms with Crippen LogP contribution in [0.4, 0.5) is 0 Å². The molecule has 1 fully saturated rings. The molecule has 1 aromatic carbocycles. The van der Waals surface area contributed by atoms with Gasteiger partial charge in [-0.3, -0.25) is 4.79 Å². The molecule has 1 heterocycles. The topological polar surface area (TPSA) is 74.7 Å². The van der Waals surface area contributed by atoms with E-state index < -0.39 is 28.0 Å². The van der Waals surface area contributed by atoms with Gasteiger partial charge in [-0.25, -0.2) is 8.42 Å². The lowest BCUT2D eigenvalue weighted by atomic mass is 9.92. The highest BCUT2D eigenvalue weighted by molar-refractivity contribution is 7.89. The van der Waals surface area contributed by atoms with Crippen LogP contribution in [0.25, 0.3) is 0 Å². The minimum absolute atomic E-state index is 0.185. The van der Waals surface area contributed by atoms with Crippen LogP contribution < -0.4 is 0 Å². The maximum absolute atomic E-state index is 12.8. The van der Waals surface area contributed by atoms with Gasteiger partial charge in [-0.1, -0.05) is 11.6 Å². The molecule has 2 atom stereocenters. The Hall–Kier alpha value is -1.11. The maximum atomic E-state index is 12.8. The predicted octanol–water partition coefficient (Wildman–Crippen LogP) is 2.52. The van der Waals surface area contributed by atoms with Gasteiger partial charge in [-0.2, -0.15) is 4.31 Å². The van der Waals surface area contributed by atoms with Crippen LogP contribution in [0.2, 0.25) is 5.02 Å². The molecule has 2 rings (SSSR count). The van der Waals surface area contributed by atoms with E-state index in [9.17, 15) is 18.3 Å². The van der Waals surface area contributed by atoms with Crippen molar-refractivity contribution in [3.63, 3.8) is 0 Å². The number of hydrogen-bond acceptors (Lipinski definition) is 3.